The SMILES string of the molecule is COC1C2CCC1NC2. The van der Waals surface area contributed by atoms with E-state index in [4.69, 9.17) is 4.74 Å². The van der Waals surface area contributed by atoms with Gasteiger partial charge < -0.3 is 10.1 Å². The van der Waals surface area contributed by atoms with Crippen LogP contribution in [0.3, 0.4) is 0 Å². The fourth-order valence-corrected chi connectivity index (χ4v) is 2.15. The average Bonchev–Trinajstić information content (AvgIpc) is 2.44. The highest BCUT2D eigenvalue weighted by atomic mass is 16.5. The Hall–Kier alpha value is -0.0800. The summed E-state index contributed by atoms with van der Waals surface area (Å²) < 4.78 is 5.34. The van der Waals surface area contributed by atoms with Crippen molar-refractivity contribution in [1.29, 1.82) is 0 Å². The molecule has 2 fully saturated rings. The maximum Gasteiger partial charge on any atom is 0.0764 e. The van der Waals surface area contributed by atoms with Crippen molar-refractivity contribution in [1.82, 2.24) is 5.32 Å². The zero-order valence-electron chi connectivity index (χ0n) is 5.76. The molecule has 0 spiro atoms. The Bertz CT molecular complexity index is 95.5. The zero-order valence-corrected chi connectivity index (χ0v) is 5.76. The molecule has 52 valence electrons. The van der Waals surface area contributed by atoms with Gasteiger partial charge in [-0.2, -0.15) is 0 Å². The van der Waals surface area contributed by atoms with Crippen LogP contribution in [0.1, 0.15) is 12.8 Å². The first kappa shape index (κ1) is 5.69. The lowest BCUT2D eigenvalue weighted by Crippen LogP contribution is -2.28. The fraction of sp³-hybridized carbons (Fsp3) is 1.00. The third-order valence-electron chi connectivity index (χ3n) is 2.62. The van der Waals surface area contributed by atoms with Crippen molar-refractivity contribution >= 4 is 0 Å². The Morgan fingerprint density at radius 1 is 1.44 bits per heavy atom. The van der Waals surface area contributed by atoms with Crippen LogP contribution in [0.2, 0.25) is 0 Å². The van der Waals surface area contributed by atoms with Crippen molar-refractivity contribution in [2.45, 2.75) is 25.0 Å². The van der Waals surface area contributed by atoms with Gasteiger partial charge in [0, 0.05) is 19.7 Å². The van der Waals surface area contributed by atoms with Crippen LogP contribution in [0, 0.1) is 5.92 Å². The molecule has 2 aliphatic rings. The van der Waals surface area contributed by atoms with Crippen LogP contribution in [0.25, 0.3) is 0 Å². The highest BCUT2D eigenvalue weighted by Crippen LogP contribution is 2.32. The summed E-state index contributed by atoms with van der Waals surface area (Å²) in [5.41, 5.74) is 0. The van der Waals surface area contributed by atoms with Crippen molar-refractivity contribution in [3.8, 4) is 0 Å². The van der Waals surface area contributed by atoms with Crippen LogP contribution < -0.4 is 5.32 Å². The maximum absolute atomic E-state index is 5.34. The molecule has 0 amide bonds. The first-order valence-electron chi connectivity index (χ1n) is 3.68. The minimum absolute atomic E-state index is 0.532. The summed E-state index contributed by atoms with van der Waals surface area (Å²) in [6.45, 7) is 1.18. The molecule has 1 saturated carbocycles. The predicted octanol–water partition coefficient (Wildman–Crippen LogP) is 0.383. The normalized spacial score (nSPS) is 48.3. The molecule has 3 unspecified atom stereocenters. The van der Waals surface area contributed by atoms with Crippen molar-refractivity contribution in [2.75, 3.05) is 13.7 Å². The molecule has 1 N–H and O–H groups in total. The molecule has 0 aromatic heterocycles. The number of piperidine rings is 1. The molecule has 9 heavy (non-hydrogen) atoms. The van der Waals surface area contributed by atoms with E-state index < -0.39 is 0 Å². The minimum Gasteiger partial charge on any atom is -0.379 e. The standard InChI is InChI=1S/C7H13NO/c1-9-7-5-2-3-6(7)8-4-5/h5-8H,2-4H2,1H3. The van der Waals surface area contributed by atoms with Crippen LogP contribution in [-0.2, 0) is 4.74 Å². The molecule has 1 aliphatic heterocycles. The number of rotatable bonds is 1. The number of fused-ring (bicyclic) bond motifs is 2. The second-order valence-electron chi connectivity index (χ2n) is 3.05. The zero-order chi connectivity index (χ0) is 6.27. The van der Waals surface area contributed by atoms with E-state index in [0.717, 1.165) is 5.92 Å². The predicted molar refractivity (Wildman–Crippen MR) is 35.3 cm³/mol. The molecule has 2 nitrogen and oxygen atoms in total. The number of methoxy groups -OCH3 is 1. The minimum atomic E-state index is 0.532. The van der Waals surface area contributed by atoms with Crippen molar-refractivity contribution in [3.63, 3.8) is 0 Å². The number of hydrogen-bond acceptors (Lipinski definition) is 2. The van der Waals surface area contributed by atoms with Gasteiger partial charge in [-0.05, 0) is 18.8 Å². The van der Waals surface area contributed by atoms with Crippen LogP contribution in [0.15, 0.2) is 0 Å². The summed E-state index contributed by atoms with van der Waals surface area (Å²) in [5, 5.41) is 3.43. The van der Waals surface area contributed by atoms with E-state index in [2.05, 4.69) is 5.32 Å². The van der Waals surface area contributed by atoms with Gasteiger partial charge >= 0.3 is 0 Å². The Labute approximate surface area is 55.6 Å². The molecular weight excluding hydrogens is 114 g/mol. The number of ether oxygens (including phenoxy) is 1. The first-order valence-corrected chi connectivity index (χ1v) is 3.68. The van der Waals surface area contributed by atoms with Gasteiger partial charge in [-0.25, -0.2) is 0 Å². The van der Waals surface area contributed by atoms with Gasteiger partial charge in [0.15, 0.2) is 0 Å². The van der Waals surface area contributed by atoms with Gasteiger partial charge in [-0.1, -0.05) is 0 Å². The molecule has 1 saturated heterocycles. The van der Waals surface area contributed by atoms with E-state index in [9.17, 15) is 0 Å². The molecular formula is C7H13NO. The van der Waals surface area contributed by atoms with Crippen LogP contribution in [-0.4, -0.2) is 25.8 Å². The summed E-state index contributed by atoms with van der Waals surface area (Å²) in [5.74, 6) is 0.819. The maximum atomic E-state index is 5.34. The summed E-state index contributed by atoms with van der Waals surface area (Å²) in [4.78, 5) is 0. The lowest BCUT2D eigenvalue weighted by Gasteiger charge is -2.10. The summed E-state index contributed by atoms with van der Waals surface area (Å²) >= 11 is 0. The van der Waals surface area contributed by atoms with E-state index in [1.165, 1.54) is 19.4 Å². The summed E-state index contributed by atoms with van der Waals surface area (Å²) in [6, 6.07) is 0.681. The van der Waals surface area contributed by atoms with E-state index in [0.29, 0.717) is 12.1 Å². The van der Waals surface area contributed by atoms with Gasteiger partial charge in [-0.15, -0.1) is 0 Å². The molecule has 2 rings (SSSR count). The lowest BCUT2D eigenvalue weighted by atomic mass is 10.1. The molecule has 3 atom stereocenters. The highest BCUT2D eigenvalue weighted by Gasteiger charge is 2.41. The third-order valence-corrected chi connectivity index (χ3v) is 2.62. The van der Waals surface area contributed by atoms with Crippen molar-refractivity contribution in [2.24, 2.45) is 5.92 Å². The lowest BCUT2D eigenvalue weighted by molar-refractivity contribution is 0.0839. The van der Waals surface area contributed by atoms with E-state index in [-0.39, 0.29) is 0 Å². The van der Waals surface area contributed by atoms with E-state index in [1.807, 2.05) is 7.11 Å². The largest absolute Gasteiger partial charge is 0.379 e. The van der Waals surface area contributed by atoms with Crippen molar-refractivity contribution < 1.29 is 4.74 Å². The number of hydrogen-bond donors (Lipinski definition) is 1. The van der Waals surface area contributed by atoms with Gasteiger partial charge in [0.2, 0.25) is 0 Å². The van der Waals surface area contributed by atoms with Crippen molar-refractivity contribution in [3.05, 3.63) is 0 Å². The Morgan fingerprint density at radius 2 is 2.33 bits per heavy atom. The fourth-order valence-electron chi connectivity index (χ4n) is 2.15. The second kappa shape index (κ2) is 1.96. The van der Waals surface area contributed by atoms with E-state index in [1.54, 1.807) is 0 Å². The van der Waals surface area contributed by atoms with Gasteiger partial charge in [-0.3, -0.25) is 0 Å². The smallest absolute Gasteiger partial charge is 0.0764 e. The first-order chi connectivity index (χ1) is 4.42. The van der Waals surface area contributed by atoms with Gasteiger partial charge in [0.1, 0.15) is 0 Å². The topological polar surface area (TPSA) is 21.3 Å². The van der Waals surface area contributed by atoms with Gasteiger partial charge in [0.25, 0.3) is 0 Å². The second-order valence-corrected chi connectivity index (χ2v) is 3.05. The summed E-state index contributed by atoms with van der Waals surface area (Å²) in [6.07, 6.45) is 3.23. The Balaban J connectivity index is 2.08. The Morgan fingerprint density at radius 3 is 2.56 bits per heavy atom. The van der Waals surface area contributed by atoms with Crippen LogP contribution in [0.5, 0.6) is 0 Å². The average molecular weight is 127 g/mol. The molecule has 0 aromatic rings. The molecule has 1 heterocycles. The third kappa shape index (κ3) is 0.700. The number of nitrogens with one attached hydrogen (secondary N) is 1. The monoisotopic (exact) mass is 127 g/mol. The molecule has 2 heteroatoms. The van der Waals surface area contributed by atoms with Crippen LogP contribution >= 0.6 is 0 Å². The molecule has 0 radical (unpaired) electrons. The molecule has 0 aromatic carbocycles. The van der Waals surface area contributed by atoms with Gasteiger partial charge in [0.05, 0.1) is 6.10 Å². The molecule has 1 aliphatic carbocycles. The highest BCUT2D eigenvalue weighted by molar-refractivity contribution is 4.97. The van der Waals surface area contributed by atoms with Crippen LogP contribution in [0.4, 0.5) is 0 Å². The Kier molecular flexibility index (Phi) is 1.24. The molecule has 2 bridgehead atoms. The summed E-state index contributed by atoms with van der Waals surface area (Å²) in [7, 11) is 1.82. The van der Waals surface area contributed by atoms with E-state index >= 15 is 0 Å². The quantitative estimate of drug-likeness (QED) is 0.550.